The molecule has 2 aromatic heterocycles. The van der Waals surface area contributed by atoms with Crippen molar-refractivity contribution in [2.75, 3.05) is 31.1 Å². The van der Waals surface area contributed by atoms with Crippen LogP contribution in [0.4, 0.5) is 5.13 Å². The lowest BCUT2D eigenvalue weighted by molar-refractivity contribution is 0.0984. The van der Waals surface area contributed by atoms with E-state index in [2.05, 4.69) is 39.7 Å². The molecule has 3 aromatic rings. The van der Waals surface area contributed by atoms with E-state index in [0.717, 1.165) is 34.3 Å². The van der Waals surface area contributed by atoms with Gasteiger partial charge in [-0.3, -0.25) is 9.69 Å². The standard InChI is InChI=1S/C18H18BrCl2N3OS2/c1-3-23(4-2)7-8-24(17(25)12-10-15(20)27-16(12)21)18-22-13-6-5-11(19)9-14(13)26-18/h5-6,9-10H,3-4,7-8H2,1-2H3. The minimum atomic E-state index is -0.173. The van der Waals surface area contributed by atoms with Crippen LogP contribution in [0.5, 0.6) is 0 Å². The van der Waals surface area contributed by atoms with E-state index in [1.54, 1.807) is 11.0 Å². The van der Waals surface area contributed by atoms with Gasteiger partial charge >= 0.3 is 0 Å². The Hall–Kier alpha value is -0.700. The Bertz CT molecular complexity index is 955. The molecule has 0 bridgehead atoms. The van der Waals surface area contributed by atoms with Crippen molar-refractivity contribution < 1.29 is 4.79 Å². The molecule has 0 aliphatic rings. The van der Waals surface area contributed by atoms with Crippen molar-refractivity contribution >= 4 is 83.1 Å². The minimum Gasteiger partial charge on any atom is -0.302 e. The number of nitrogens with zero attached hydrogens (tertiary/aromatic N) is 3. The molecule has 1 amide bonds. The van der Waals surface area contributed by atoms with E-state index in [0.29, 0.717) is 25.9 Å². The minimum absolute atomic E-state index is 0.173. The fourth-order valence-corrected chi connectivity index (χ4v) is 5.69. The molecule has 2 heterocycles. The summed E-state index contributed by atoms with van der Waals surface area (Å²) in [5.41, 5.74) is 1.29. The normalized spacial score (nSPS) is 11.5. The highest BCUT2D eigenvalue weighted by Gasteiger charge is 2.25. The molecule has 0 unspecified atom stereocenters. The maximum absolute atomic E-state index is 13.2. The number of anilines is 1. The summed E-state index contributed by atoms with van der Waals surface area (Å²) in [6.45, 7) is 7.37. The van der Waals surface area contributed by atoms with Crippen LogP contribution in [0.25, 0.3) is 10.2 Å². The summed E-state index contributed by atoms with van der Waals surface area (Å²) in [6, 6.07) is 7.54. The van der Waals surface area contributed by atoms with Crippen molar-refractivity contribution in [1.29, 1.82) is 0 Å². The first-order valence-corrected chi connectivity index (χ1v) is 11.7. The molecule has 0 N–H and O–H groups in total. The summed E-state index contributed by atoms with van der Waals surface area (Å²) in [7, 11) is 0. The molecule has 0 spiro atoms. The largest absolute Gasteiger partial charge is 0.302 e. The average Bonchev–Trinajstić information content (AvgIpc) is 3.20. The van der Waals surface area contributed by atoms with Gasteiger partial charge in [0.25, 0.3) is 5.91 Å². The van der Waals surface area contributed by atoms with Gasteiger partial charge < -0.3 is 4.90 Å². The van der Waals surface area contributed by atoms with Crippen LogP contribution in [0.1, 0.15) is 24.2 Å². The third-order valence-electron chi connectivity index (χ3n) is 4.24. The lowest BCUT2D eigenvalue weighted by Crippen LogP contribution is -2.38. The first-order chi connectivity index (χ1) is 12.9. The summed E-state index contributed by atoms with van der Waals surface area (Å²) in [5.74, 6) is -0.173. The Kier molecular flexibility index (Phi) is 7.16. The predicted molar refractivity (Wildman–Crippen MR) is 121 cm³/mol. The van der Waals surface area contributed by atoms with E-state index in [9.17, 15) is 4.79 Å². The van der Waals surface area contributed by atoms with E-state index in [4.69, 9.17) is 23.2 Å². The zero-order valence-electron chi connectivity index (χ0n) is 14.8. The highest BCUT2D eigenvalue weighted by Crippen LogP contribution is 2.35. The van der Waals surface area contributed by atoms with Crippen molar-refractivity contribution in [1.82, 2.24) is 9.88 Å². The van der Waals surface area contributed by atoms with E-state index >= 15 is 0 Å². The molecule has 0 aliphatic carbocycles. The number of hydrogen-bond acceptors (Lipinski definition) is 5. The van der Waals surface area contributed by atoms with Crippen molar-refractivity contribution in [2.24, 2.45) is 0 Å². The van der Waals surface area contributed by atoms with Crippen LogP contribution in [0.2, 0.25) is 8.67 Å². The number of carbonyl (C=O) groups is 1. The van der Waals surface area contributed by atoms with E-state index in [1.807, 2.05) is 18.2 Å². The number of fused-ring (bicyclic) bond motifs is 1. The molecule has 0 fully saturated rings. The second-order valence-corrected chi connectivity index (χ2v) is 10.0. The maximum atomic E-state index is 13.2. The number of rotatable bonds is 7. The van der Waals surface area contributed by atoms with Crippen LogP contribution in [0.3, 0.4) is 0 Å². The Morgan fingerprint density at radius 2 is 1.89 bits per heavy atom. The Morgan fingerprint density at radius 3 is 2.52 bits per heavy atom. The lowest BCUT2D eigenvalue weighted by atomic mass is 10.3. The molecule has 0 saturated heterocycles. The second kappa shape index (κ2) is 9.20. The summed E-state index contributed by atoms with van der Waals surface area (Å²) >= 11 is 18.5. The van der Waals surface area contributed by atoms with Gasteiger partial charge in [-0.15, -0.1) is 11.3 Å². The van der Waals surface area contributed by atoms with Gasteiger partial charge in [0.05, 0.1) is 20.1 Å². The third kappa shape index (κ3) is 4.83. The van der Waals surface area contributed by atoms with Gasteiger partial charge in [-0.2, -0.15) is 0 Å². The van der Waals surface area contributed by atoms with Crippen molar-refractivity contribution in [3.63, 3.8) is 0 Å². The molecular weight excluding hydrogens is 489 g/mol. The predicted octanol–water partition coefficient (Wildman–Crippen LogP) is 6.42. The number of aromatic nitrogens is 1. The number of thiophene rings is 1. The maximum Gasteiger partial charge on any atom is 0.262 e. The fourth-order valence-electron chi connectivity index (χ4n) is 2.70. The quantitative estimate of drug-likeness (QED) is 0.371. The van der Waals surface area contributed by atoms with Gasteiger partial charge in [0, 0.05) is 17.6 Å². The van der Waals surface area contributed by atoms with Crippen molar-refractivity contribution in [3.05, 3.63) is 43.0 Å². The molecular formula is C18H18BrCl2N3OS2. The van der Waals surface area contributed by atoms with Gasteiger partial charge in [-0.05, 0) is 37.4 Å². The second-order valence-electron chi connectivity index (χ2n) is 5.83. The Labute approximate surface area is 184 Å². The van der Waals surface area contributed by atoms with Gasteiger partial charge in [0.2, 0.25) is 0 Å². The molecule has 1 aromatic carbocycles. The molecule has 144 valence electrons. The SMILES string of the molecule is CCN(CC)CCN(C(=O)c1cc(Cl)sc1Cl)c1nc2ccc(Br)cc2s1. The van der Waals surface area contributed by atoms with Crippen LogP contribution < -0.4 is 4.90 Å². The first-order valence-electron chi connectivity index (χ1n) is 8.48. The summed E-state index contributed by atoms with van der Waals surface area (Å²) in [6.07, 6.45) is 0. The van der Waals surface area contributed by atoms with Crippen molar-refractivity contribution in [2.45, 2.75) is 13.8 Å². The number of halogens is 3. The molecule has 0 aliphatic heterocycles. The molecule has 0 saturated carbocycles. The average molecular weight is 507 g/mol. The Balaban J connectivity index is 1.97. The highest BCUT2D eigenvalue weighted by molar-refractivity contribution is 9.10. The molecule has 3 rings (SSSR count). The summed E-state index contributed by atoms with van der Waals surface area (Å²) < 4.78 is 2.91. The van der Waals surface area contributed by atoms with Crippen molar-refractivity contribution in [3.8, 4) is 0 Å². The van der Waals surface area contributed by atoms with Crippen LogP contribution >= 0.6 is 61.8 Å². The monoisotopic (exact) mass is 505 g/mol. The number of amides is 1. The lowest BCUT2D eigenvalue weighted by Gasteiger charge is -2.24. The topological polar surface area (TPSA) is 36.4 Å². The van der Waals surface area contributed by atoms with Crippen LogP contribution in [-0.2, 0) is 0 Å². The first kappa shape index (κ1) is 21.0. The number of thiazole rings is 1. The van der Waals surface area contributed by atoms with Crippen LogP contribution in [-0.4, -0.2) is 42.0 Å². The van der Waals surface area contributed by atoms with Crippen LogP contribution in [0, 0.1) is 0 Å². The molecule has 0 radical (unpaired) electrons. The number of hydrogen-bond donors (Lipinski definition) is 0. The highest BCUT2D eigenvalue weighted by atomic mass is 79.9. The zero-order valence-corrected chi connectivity index (χ0v) is 19.6. The van der Waals surface area contributed by atoms with Gasteiger partial charge in [-0.1, -0.05) is 64.3 Å². The van der Waals surface area contributed by atoms with E-state index in [-0.39, 0.29) is 5.91 Å². The molecule has 0 atom stereocenters. The van der Waals surface area contributed by atoms with Gasteiger partial charge in [0.15, 0.2) is 5.13 Å². The summed E-state index contributed by atoms with van der Waals surface area (Å²) in [5, 5.41) is 0.665. The smallest absolute Gasteiger partial charge is 0.262 e. The third-order valence-corrected chi connectivity index (χ3v) is 7.26. The zero-order chi connectivity index (χ0) is 19.6. The number of carbonyl (C=O) groups excluding carboxylic acids is 1. The van der Waals surface area contributed by atoms with Gasteiger partial charge in [0.1, 0.15) is 4.34 Å². The molecule has 9 heteroatoms. The molecule has 4 nitrogen and oxygen atoms in total. The van der Waals surface area contributed by atoms with E-state index in [1.165, 1.54) is 22.7 Å². The summed E-state index contributed by atoms with van der Waals surface area (Å²) in [4.78, 5) is 21.9. The van der Waals surface area contributed by atoms with E-state index < -0.39 is 0 Å². The fraction of sp³-hybridized carbons (Fsp3) is 0.333. The number of benzene rings is 1. The number of likely N-dealkylation sites (N-methyl/N-ethyl adjacent to an activating group) is 1. The molecule has 27 heavy (non-hydrogen) atoms. The van der Waals surface area contributed by atoms with Crippen LogP contribution in [0.15, 0.2) is 28.7 Å². The van der Waals surface area contributed by atoms with Gasteiger partial charge in [-0.25, -0.2) is 4.98 Å². The Morgan fingerprint density at radius 1 is 1.15 bits per heavy atom.